The van der Waals surface area contributed by atoms with Crippen molar-refractivity contribution in [1.29, 1.82) is 0 Å². The summed E-state index contributed by atoms with van der Waals surface area (Å²) < 4.78 is 4.12. The molecule has 0 bridgehead atoms. The summed E-state index contributed by atoms with van der Waals surface area (Å²) in [5.74, 6) is -0.225. The van der Waals surface area contributed by atoms with Gasteiger partial charge in [-0.05, 0) is 30.3 Å². The van der Waals surface area contributed by atoms with Crippen molar-refractivity contribution in [2.45, 2.75) is 0 Å². The van der Waals surface area contributed by atoms with Gasteiger partial charge in [0.1, 0.15) is 0 Å². The average Bonchev–Trinajstić information content (AvgIpc) is 3.40. The number of rotatable bonds is 5. The molecule has 0 saturated heterocycles. The highest BCUT2D eigenvalue weighted by molar-refractivity contribution is 5.95. The predicted octanol–water partition coefficient (Wildman–Crippen LogP) is 3.28. The number of aryl methyl sites for hydroxylation is 1. The van der Waals surface area contributed by atoms with Gasteiger partial charge < -0.3 is 15.0 Å². The first-order valence-electron chi connectivity index (χ1n) is 10.0. The van der Waals surface area contributed by atoms with Crippen LogP contribution in [0.25, 0.3) is 39.1 Å². The molecule has 0 aliphatic rings. The van der Waals surface area contributed by atoms with E-state index in [1.165, 1.54) is 10.9 Å². The van der Waals surface area contributed by atoms with Gasteiger partial charge in [-0.15, -0.1) is 0 Å². The summed E-state index contributed by atoms with van der Waals surface area (Å²) in [6.45, 7) is 0.124. The van der Waals surface area contributed by atoms with Gasteiger partial charge in [0.15, 0.2) is 5.65 Å². The topological polar surface area (TPSA) is 84.5 Å². The average molecular weight is 411 g/mol. The third-order valence-electron chi connectivity index (χ3n) is 5.39. The van der Waals surface area contributed by atoms with Crippen LogP contribution in [-0.4, -0.2) is 43.1 Å². The summed E-state index contributed by atoms with van der Waals surface area (Å²) in [5.41, 5.74) is 6.07. The normalized spacial score (nSPS) is 11.3. The van der Waals surface area contributed by atoms with Gasteiger partial charge in [0.05, 0.1) is 30.4 Å². The highest BCUT2D eigenvalue weighted by Gasteiger charge is 2.11. The van der Waals surface area contributed by atoms with E-state index in [0.717, 1.165) is 28.2 Å². The molecule has 154 valence electrons. The third-order valence-corrected chi connectivity index (χ3v) is 5.39. The second kappa shape index (κ2) is 7.70. The monoisotopic (exact) mass is 411 g/mol. The Morgan fingerprint density at radius 3 is 2.84 bits per heavy atom. The van der Waals surface area contributed by atoms with Crippen molar-refractivity contribution < 1.29 is 9.90 Å². The van der Waals surface area contributed by atoms with Crippen molar-refractivity contribution in [3.05, 3.63) is 78.9 Å². The molecule has 2 N–H and O–H groups in total. The molecule has 3 aromatic heterocycles. The molecule has 31 heavy (non-hydrogen) atoms. The molecule has 0 aliphatic carbocycles. The Morgan fingerprint density at radius 2 is 1.97 bits per heavy atom. The second-order valence-corrected chi connectivity index (χ2v) is 7.40. The molecule has 1 amide bonds. The maximum atomic E-state index is 12.2. The van der Waals surface area contributed by atoms with Crippen LogP contribution in [0, 0.1) is 0 Å². The number of aliphatic hydroxyl groups is 1. The molecular weight excluding hydrogens is 390 g/mol. The zero-order valence-corrected chi connectivity index (χ0v) is 17.0. The van der Waals surface area contributed by atoms with Crippen LogP contribution >= 0.6 is 0 Å². The first-order chi connectivity index (χ1) is 15.1. The highest BCUT2D eigenvalue weighted by Crippen LogP contribution is 2.27. The van der Waals surface area contributed by atoms with Gasteiger partial charge in [-0.25, -0.2) is 4.98 Å². The Bertz CT molecular complexity index is 1420. The van der Waals surface area contributed by atoms with Gasteiger partial charge in [0, 0.05) is 53.6 Å². The molecule has 0 aliphatic heterocycles. The Labute approximate surface area is 178 Å². The fourth-order valence-corrected chi connectivity index (χ4v) is 3.78. The zero-order chi connectivity index (χ0) is 21.4. The Hall–Kier alpha value is -3.97. The standard InChI is InChI=1S/C24H21N5O2/c1-28-9-7-18-12-17(5-6-21(18)28)22-13-27-23-14-26-20(15-29(22)23)16-3-2-4-19(11-16)24(31)25-8-10-30/h2-7,9,11-15,30H,8,10H2,1H3,(H,25,31). The number of carbonyl (C=O) groups excluding carboxylic acids is 1. The van der Waals surface area contributed by atoms with E-state index in [2.05, 4.69) is 50.3 Å². The van der Waals surface area contributed by atoms with Gasteiger partial charge >= 0.3 is 0 Å². The number of hydrogen-bond donors (Lipinski definition) is 2. The minimum absolute atomic E-state index is 0.0954. The highest BCUT2D eigenvalue weighted by atomic mass is 16.3. The van der Waals surface area contributed by atoms with Gasteiger partial charge in [-0.3, -0.25) is 14.2 Å². The van der Waals surface area contributed by atoms with Crippen LogP contribution in [0.1, 0.15) is 10.4 Å². The van der Waals surface area contributed by atoms with Crippen molar-refractivity contribution >= 4 is 22.5 Å². The molecule has 7 heteroatoms. The maximum absolute atomic E-state index is 12.2. The van der Waals surface area contributed by atoms with Gasteiger partial charge in [0.25, 0.3) is 5.91 Å². The fourth-order valence-electron chi connectivity index (χ4n) is 3.78. The lowest BCUT2D eigenvalue weighted by molar-refractivity contribution is 0.0945. The lowest BCUT2D eigenvalue weighted by Crippen LogP contribution is -2.26. The largest absolute Gasteiger partial charge is 0.395 e. The maximum Gasteiger partial charge on any atom is 0.251 e. The number of carbonyl (C=O) groups is 1. The van der Waals surface area contributed by atoms with E-state index < -0.39 is 0 Å². The van der Waals surface area contributed by atoms with E-state index >= 15 is 0 Å². The molecule has 0 fully saturated rings. The van der Waals surface area contributed by atoms with Crippen molar-refractivity contribution in [2.24, 2.45) is 7.05 Å². The zero-order valence-electron chi connectivity index (χ0n) is 17.0. The van der Waals surface area contributed by atoms with E-state index in [4.69, 9.17) is 5.11 Å². The second-order valence-electron chi connectivity index (χ2n) is 7.40. The quantitative estimate of drug-likeness (QED) is 0.465. The van der Waals surface area contributed by atoms with E-state index in [-0.39, 0.29) is 19.1 Å². The molecule has 0 spiro atoms. The van der Waals surface area contributed by atoms with Crippen molar-refractivity contribution in [3.63, 3.8) is 0 Å². The minimum Gasteiger partial charge on any atom is -0.395 e. The number of nitrogens with zero attached hydrogens (tertiary/aromatic N) is 4. The summed E-state index contributed by atoms with van der Waals surface area (Å²) in [6.07, 6.45) is 7.58. The molecule has 0 atom stereocenters. The molecule has 2 aromatic carbocycles. The number of imidazole rings is 1. The number of hydrogen-bond acceptors (Lipinski definition) is 4. The number of benzene rings is 2. The molecule has 0 radical (unpaired) electrons. The molecule has 7 nitrogen and oxygen atoms in total. The summed E-state index contributed by atoms with van der Waals surface area (Å²) in [6, 6.07) is 15.8. The summed E-state index contributed by atoms with van der Waals surface area (Å²) in [5, 5.41) is 12.8. The third kappa shape index (κ3) is 3.45. The number of nitrogens with one attached hydrogen (secondary N) is 1. The first kappa shape index (κ1) is 19.0. The van der Waals surface area contributed by atoms with Crippen LogP contribution in [-0.2, 0) is 7.05 Å². The Morgan fingerprint density at radius 1 is 1.06 bits per heavy atom. The summed E-state index contributed by atoms with van der Waals surface area (Å²) >= 11 is 0. The van der Waals surface area contributed by atoms with Gasteiger partial charge in [0.2, 0.25) is 0 Å². The Balaban J connectivity index is 1.55. The van der Waals surface area contributed by atoms with Crippen LogP contribution < -0.4 is 5.32 Å². The van der Waals surface area contributed by atoms with E-state index in [1.807, 2.05) is 36.0 Å². The molecular formula is C24H21N5O2. The molecule has 5 rings (SSSR count). The molecule has 0 saturated carbocycles. The smallest absolute Gasteiger partial charge is 0.251 e. The number of aliphatic hydroxyl groups excluding tert-OH is 1. The molecule has 3 heterocycles. The van der Waals surface area contributed by atoms with Crippen LogP contribution in [0.3, 0.4) is 0 Å². The van der Waals surface area contributed by atoms with Crippen LogP contribution in [0.15, 0.2) is 73.3 Å². The van der Waals surface area contributed by atoms with E-state index in [1.54, 1.807) is 18.3 Å². The molecule has 5 aromatic rings. The first-order valence-corrected chi connectivity index (χ1v) is 10.0. The van der Waals surface area contributed by atoms with Crippen molar-refractivity contribution in [3.8, 4) is 22.5 Å². The lowest BCUT2D eigenvalue weighted by atomic mass is 10.1. The molecule has 0 unspecified atom stereocenters. The van der Waals surface area contributed by atoms with Crippen LogP contribution in [0.4, 0.5) is 0 Å². The summed E-state index contributed by atoms with van der Waals surface area (Å²) in [7, 11) is 2.03. The SMILES string of the molecule is Cn1ccc2cc(-c3cnc4cnc(-c5cccc(C(=O)NCCO)c5)cn34)ccc21. The lowest BCUT2D eigenvalue weighted by Gasteiger charge is -2.08. The van der Waals surface area contributed by atoms with Crippen LogP contribution in [0.2, 0.25) is 0 Å². The number of fused-ring (bicyclic) bond motifs is 2. The fraction of sp³-hybridized carbons (Fsp3) is 0.125. The van der Waals surface area contributed by atoms with Crippen molar-refractivity contribution in [2.75, 3.05) is 13.2 Å². The van der Waals surface area contributed by atoms with Crippen LogP contribution in [0.5, 0.6) is 0 Å². The summed E-state index contributed by atoms with van der Waals surface area (Å²) in [4.78, 5) is 21.3. The van der Waals surface area contributed by atoms with E-state index in [9.17, 15) is 4.79 Å². The van der Waals surface area contributed by atoms with Gasteiger partial charge in [-0.2, -0.15) is 0 Å². The Kier molecular flexibility index (Phi) is 4.72. The number of aromatic nitrogens is 4. The van der Waals surface area contributed by atoms with E-state index in [0.29, 0.717) is 5.56 Å². The van der Waals surface area contributed by atoms with Gasteiger partial charge in [-0.1, -0.05) is 18.2 Å². The van der Waals surface area contributed by atoms with Crippen molar-refractivity contribution in [1.82, 2.24) is 24.3 Å². The predicted molar refractivity (Wildman–Crippen MR) is 120 cm³/mol. The minimum atomic E-state index is -0.225. The number of amides is 1.